The molecule has 0 saturated heterocycles. The minimum atomic E-state index is -0.912. The van der Waals surface area contributed by atoms with Crippen LogP contribution >= 0.6 is 0 Å². The van der Waals surface area contributed by atoms with Crippen molar-refractivity contribution in [2.75, 3.05) is 0 Å². The van der Waals surface area contributed by atoms with E-state index in [1.807, 2.05) is 13.0 Å². The van der Waals surface area contributed by atoms with Crippen LogP contribution in [0.4, 0.5) is 4.39 Å². The summed E-state index contributed by atoms with van der Waals surface area (Å²) in [6, 6.07) is 23.7. The molecule has 1 N–H and O–H groups in total. The minimum Gasteiger partial charge on any atom is -0.481 e. The quantitative estimate of drug-likeness (QED) is 0.428. The molecule has 32 heavy (non-hydrogen) atoms. The summed E-state index contributed by atoms with van der Waals surface area (Å²) in [5, 5.41) is 9.31. The van der Waals surface area contributed by atoms with Crippen LogP contribution in [0.3, 0.4) is 0 Å². The van der Waals surface area contributed by atoms with E-state index >= 15 is 0 Å². The first kappa shape index (κ1) is 21.8. The highest BCUT2D eigenvalue weighted by atomic mass is 19.1. The van der Waals surface area contributed by atoms with Crippen LogP contribution in [0.25, 0.3) is 17.2 Å². The van der Waals surface area contributed by atoms with Crippen LogP contribution in [0.15, 0.2) is 78.4 Å². The standard InChI is InChI=1S/C29H27FO2/c1-19(8-9-21-6-4-3-5-7-21)23-12-10-22(11-13-23)16-26-20(2)27(18-29(31)32)28-17-24(30)14-15-25(26)28/h3-7,10-17,19H,8-9,18H2,1-2H3,(H,31,32)/b26-16-. The number of hydrogen-bond acceptors (Lipinski definition) is 1. The van der Waals surface area contributed by atoms with E-state index in [1.165, 1.54) is 23.3 Å². The number of carboxylic acid groups (broad SMARTS) is 1. The first-order chi connectivity index (χ1) is 15.4. The first-order valence-electron chi connectivity index (χ1n) is 11.0. The fourth-order valence-electron chi connectivity index (χ4n) is 4.41. The molecule has 1 aliphatic carbocycles. The zero-order valence-corrected chi connectivity index (χ0v) is 18.4. The maximum absolute atomic E-state index is 13.9. The molecule has 0 aromatic heterocycles. The van der Waals surface area contributed by atoms with E-state index in [0.717, 1.165) is 35.1 Å². The summed E-state index contributed by atoms with van der Waals surface area (Å²) in [4.78, 5) is 11.4. The van der Waals surface area contributed by atoms with Crippen LogP contribution in [0, 0.1) is 5.82 Å². The Bertz CT molecular complexity index is 1190. The van der Waals surface area contributed by atoms with E-state index in [0.29, 0.717) is 17.1 Å². The van der Waals surface area contributed by atoms with Gasteiger partial charge in [-0.1, -0.05) is 67.6 Å². The van der Waals surface area contributed by atoms with Crippen LogP contribution in [-0.2, 0) is 11.2 Å². The average Bonchev–Trinajstić information content (AvgIpc) is 3.03. The topological polar surface area (TPSA) is 37.3 Å². The molecule has 0 heterocycles. The molecule has 0 aliphatic heterocycles. The molecule has 0 spiro atoms. The number of aliphatic carboxylic acids is 1. The van der Waals surface area contributed by atoms with Gasteiger partial charge >= 0.3 is 5.97 Å². The Morgan fingerprint density at radius 1 is 1.00 bits per heavy atom. The number of allylic oxidation sites excluding steroid dienone is 2. The number of hydrogen-bond donors (Lipinski definition) is 1. The lowest BCUT2D eigenvalue weighted by molar-refractivity contribution is -0.135. The number of aryl methyl sites for hydroxylation is 1. The van der Waals surface area contributed by atoms with Gasteiger partial charge in [0.25, 0.3) is 0 Å². The van der Waals surface area contributed by atoms with Crippen LogP contribution in [0.5, 0.6) is 0 Å². The largest absolute Gasteiger partial charge is 0.481 e. The molecule has 4 rings (SSSR count). The van der Waals surface area contributed by atoms with Crippen molar-refractivity contribution < 1.29 is 14.3 Å². The van der Waals surface area contributed by atoms with Crippen molar-refractivity contribution in [3.8, 4) is 0 Å². The van der Waals surface area contributed by atoms with Gasteiger partial charge in [-0.2, -0.15) is 0 Å². The van der Waals surface area contributed by atoms with Gasteiger partial charge < -0.3 is 5.11 Å². The second-order valence-electron chi connectivity index (χ2n) is 8.51. The number of rotatable bonds is 7. The first-order valence-corrected chi connectivity index (χ1v) is 11.0. The normalized spacial score (nSPS) is 15.2. The second-order valence-corrected chi connectivity index (χ2v) is 8.51. The average molecular weight is 427 g/mol. The predicted molar refractivity (Wildman–Crippen MR) is 129 cm³/mol. The van der Waals surface area contributed by atoms with Crippen molar-refractivity contribution in [2.24, 2.45) is 0 Å². The minimum absolute atomic E-state index is 0.114. The molecule has 2 nitrogen and oxygen atoms in total. The SMILES string of the molecule is CC1=C(CC(=O)O)c2cc(F)ccc2/C1=C\c1ccc(C(C)CCc2ccccc2)cc1. The Morgan fingerprint density at radius 3 is 2.41 bits per heavy atom. The van der Waals surface area contributed by atoms with Crippen molar-refractivity contribution in [2.45, 2.75) is 39.0 Å². The molecule has 1 aliphatic rings. The second kappa shape index (κ2) is 9.35. The van der Waals surface area contributed by atoms with E-state index in [9.17, 15) is 14.3 Å². The lowest BCUT2D eigenvalue weighted by atomic mass is 9.93. The summed E-state index contributed by atoms with van der Waals surface area (Å²) in [5.74, 6) is -0.810. The van der Waals surface area contributed by atoms with E-state index in [4.69, 9.17) is 0 Å². The van der Waals surface area contributed by atoms with Crippen molar-refractivity contribution in [3.63, 3.8) is 0 Å². The lowest BCUT2D eigenvalue weighted by Crippen LogP contribution is -1.97. The summed E-state index contributed by atoms with van der Waals surface area (Å²) >= 11 is 0. The zero-order valence-electron chi connectivity index (χ0n) is 18.4. The third-order valence-corrected chi connectivity index (χ3v) is 6.31. The summed E-state index contributed by atoms with van der Waals surface area (Å²) in [6.07, 6.45) is 4.10. The smallest absolute Gasteiger partial charge is 0.307 e. The summed E-state index contributed by atoms with van der Waals surface area (Å²) in [5.41, 5.74) is 7.82. The van der Waals surface area contributed by atoms with Gasteiger partial charge in [-0.25, -0.2) is 4.39 Å². The Morgan fingerprint density at radius 2 is 1.72 bits per heavy atom. The maximum Gasteiger partial charge on any atom is 0.307 e. The van der Waals surface area contributed by atoms with Crippen molar-refractivity contribution in [1.82, 2.24) is 0 Å². The van der Waals surface area contributed by atoms with Crippen molar-refractivity contribution in [3.05, 3.63) is 112 Å². The van der Waals surface area contributed by atoms with Gasteiger partial charge in [0.1, 0.15) is 5.82 Å². The number of fused-ring (bicyclic) bond motifs is 1. The molecular weight excluding hydrogens is 399 g/mol. The Kier molecular flexibility index (Phi) is 6.36. The van der Waals surface area contributed by atoms with Crippen LogP contribution in [0.2, 0.25) is 0 Å². The zero-order chi connectivity index (χ0) is 22.7. The number of halogens is 1. The molecule has 0 radical (unpaired) electrons. The summed E-state index contributed by atoms with van der Waals surface area (Å²) in [6.45, 7) is 4.17. The van der Waals surface area contributed by atoms with Gasteiger partial charge in [0.15, 0.2) is 0 Å². The Hall–Kier alpha value is -3.46. The number of benzene rings is 3. The summed E-state index contributed by atoms with van der Waals surface area (Å²) in [7, 11) is 0. The molecule has 0 saturated carbocycles. The van der Waals surface area contributed by atoms with Crippen LogP contribution in [-0.4, -0.2) is 11.1 Å². The third kappa shape index (κ3) is 4.72. The number of carbonyl (C=O) groups is 1. The van der Waals surface area contributed by atoms with Gasteiger partial charge in [0, 0.05) is 0 Å². The van der Waals surface area contributed by atoms with Crippen molar-refractivity contribution in [1.29, 1.82) is 0 Å². The molecule has 3 aromatic carbocycles. The van der Waals surface area contributed by atoms with Crippen molar-refractivity contribution >= 4 is 23.2 Å². The van der Waals surface area contributed by atoms with E-state index < -0.39 is 5.97 Å². The predicted octanol–water partition coefficient (Wildman–Crippen LogP) is 7.36. The Labute approximate surface area is 188 Å². The van der Waals surface area contributed by atoms with E-state index in [1.54, 1.807) is 6.07 Å². The molecule has 1 unspecified atom stereocenters. The van der Waals surface area contributed by atoms with Gasteiger partial charge in [0.05, 0.1) is 6.42 Å². The molecule has 0 amide bonds. The van der Waals surface area contributed by atoms with Gasteiger partial charge in [-0.05, 0) is 88.4 Å². The van der Waals surface area contributed by atoms with Gasteiger partial charge in [0.2, 0.25) is 0 Å². The summed E-state index contributed by atoms with van der Waals surface area (Å²) < 4.78 is 13.9. The molecule has 3 aromatic rings. The monoisotopic (exact) mass is 426 g/mol. The molecule has 3 heteroatoms. The highest BCUT2D eigenvalue weighted by molar-refractivity contribution is 6.07. The molecule has 1 atom stereocenters. The van der Waals surface area contributed by atoms with Crippen LogP contribution < -0.4 is 0 Å². The van der Waals surface area contributed by atoms with E-state index in [-0.39, 0.29) is 12.2 Å². The number of carboxylic acids is 1. The molecular formula is C29H27FO2. The highest BCUT2D eigenvalue weighted by Gasteiger charge is 2.25. The Balaban J connectivity index is 1.56. The van der Waals surface area contributed by atoms with Crippen LogP contribution in [0.1, 0.15) is 60.4 Å². The molecule has 162 valence electrons. The molecule has 0 fully saturated rings. The van der Waals surface area contributed by atoms with Gasteiger partial charge in [-0.3, -0.25) is 4.79 Å². The molecule has 0 bridgehead atoms. The lowest BCUT2D eigenvalue weighted by Gasteiger charge is -2.12. The highest BCUT2D eigenvalue weighted by Crippen LogP contribution is 2.43. The fraction of sp³-hybridized carbons (Fsp3) is 0.207. The third-order valence-electron chi connectivity index (χ3n) is 6.31. The van der Waals surface area contributed by atoms with E-state index in [2.05, 4.69) is 61.5 Å². The maximum atomic E-state index is 13.9. The fourth-order valence-corrected chi connectivity index (χ4v) is 4.41. The van der Waals surface area contributed by atoms with Gasteiger partial charge in [-0.15, -0.1) is 0 Å².